The van der Waals surface area contributed by atoms with Crippen molar-refractivity contribution < 1.29 is 13.9 Å². The maximum absolute atomic E-state index is 15.0. The van der Waals surface area contributed by atoms with Gasteiger partial charge in [0.2, 0.25) is 0 Å². The second kappa shape index (κ2) is 11.3. The van der Waals surface area contributed by atoms with Crippen molar-refractivity contribution in [2.24, 2.45) is 0 Å². The Hall–Kier alpha value is -3.45. The number of hydrogen-bond acceptors (Lipinski definition) is 7. The van der Waals surface area contributed by atoms with E-state index in [1.807, 2.05) is 67.8 Å². The minimum atomic E-state index is -0.229. The second-order valence-corrected chi connectivity index (χ2v) is 9.80. The van der Waals surface area contributed by atoms with Gasteiger partial charge in [0.25, 0.3) is 0 Å². The van der Waals surface area contributed by atoms with E-state index >= 15 is 4.39 Å². The van der Waals surface area contributed by atoms with Gasteiger partial charge in [0.1, 0.15) is 23.9 Å². The molecule has 1 saturated heterocycles. The van der Waals surface area contributed by atoms with Gasteiger partial charge in [0, 0.05) is 16.9 Å². The predicted molar refractivity (Wildman–Crippen MR) is 146 cm³/mol. The predicted octanol–water partition coefficient (Wildman–Crippen LogP) is 5.54. The molecule has 0 saturated carbocycles. The number of hydrazine groups is 3. The van der Waals surface area contributed by atoms with Gasteiger partial charge in [-0.15, -0.1) is 17.3 Å². The van der Waals surface area contributed by atoms with Crippen LogP contribution in [0.2, 0.25) is 0 Å². The molecule has 6 nitrogen and oxygen atoms in total. The number of hydrogen-bond donors (Lipinski definition) is 4. The summed E-state index contributed by atoms with van der Waals surface area (Å²) in [6, 6.07) is 17.5. The van der Waals surface area contributed by atoms with Gasteiger partial charge in [-0.05, 0) is 84.3 Å². The van der Waals surface area contributed by atoms with Crippen LogP contribution in [0, 0.1) is 24.6 Å². The highest BCUT2D eigenvalue weighted by atomic mass is 32.1. The molecule has 1 aliphatic heterocycles. The van der Waals surface area contributed by atoms with Crippen molar-refractivity contribution in [3.63, 3.8) is 0 Å². The minimum Gasteiger partial charge on any atom is -0.497 e. The molecule has 0 spiro atoms. The minimum absolute atomic E-state index is 0.0651. The van der Waals surface area contributed by atoms with E-state index < -0.39 is 0 Å². The third-order valence-corrected chi connectivity index (χ3v) is 7.45. The van der Waals surface area contributed by atoms with E-state index in [0.717, 1.165) is 51.1 Å². The SMILES string of the molecule is CC#C[C@@H](CC1NNNN1)c1ccc(OCc2cc(F)c3scc(-c4ccc(OC)cc4C)c3c2)cc1. The maximum atomic E-state index is 15.0. The van der Waals surface area contributed by atoms with Crippen molar-refractivity contribution >= 4 is 21.4 Å². The lowest BCUT2D eigenvalue weighted by molar-refractivity contribution is 0.305. The molecular formula is C29H29FN4O2S. The van der Waals surface area contributed by atoms with Gasteiger partial charge in [-0.3, -0.25) is 0 Å². The number of aryl methyl sites for hydroxylation is 1. The third kappa shape index (κ3) is 5.62. The lowest BCUT2D eigenvalue weighted by Crippen LogP contribution is -2.35. The topological polar surface area (TPSA) is 66.6 Å². The van der Waals surface area contributed by atoms with Crippen molar-refractivity contribution in [3.8, 4) is 34.5 Å². The average molecular weight is 517 g/mol. The zero-order valence-electron chi connectivity index (χ0n) is 20.9. The number of rotatable bonds is 8. The molecule has 1 fully saturated rings. The van der Waals surface area contributed by atoms with Crippen LogP contribution in [-0.2, 0) is 6.61 Å². The first-order valence-electron chi connectivity index (χ1n) is 12.1. The van der Waals surface area contributed by atoms with Crippen molar-refractivity contribution in [1.29, 1.82) is 0 Å². The molecule has 0 unspecified atom stereocenters. The van der Waals surface area contributed by atoms with Crippen molar-refractivity contribution in [2.75, 3.05) is 7.11 Å². The lowest BCUT2D eigenvalue weighted by atomic mass is 9.95. The summed E-state index contributed by atoms with van der Waals surface area (Å²) in [6.45, 7) is 4.16. The summed E-state index contributed by atoms with van der Waals surface area (Å²) in [5, 5.41) is 2.91. The average Bonchev–Trinajstić information content (AvgIpc) is 3.58. The van der Waals surface area contributed by atoms with Crippen LogP contribution in [0.25, 0.3) is 21.2 Å². The summed E-state index contributed by atoms with van der Waals surface area (Å²) >= 11 is 1.42. The summed E-state index contributed by atoms with van der Waals surface area (Å²) in [5.41, 5.74) is 16.9. The zero-order chi connectivity index (χ0) is 25.8. The molecule has 1 atom stereocenters. The van der Waals surface area contributed by atoms with E-state index in [1.165, 1.54) is 11.3 Å². The first-order chi connectivity index (χ1) is 18.1. The van der Waals surface area contributed by atoms with Gasteiger partial charge in [-0.2, -0.15) is 11.1 Å². The van der Waals surface area contributed by atoms with Crippen LogP contribution in [-0.4, -0.2) is 13.3 Å². The molecule has 4 aromatic rings. The smallest absolute Gasteiger partial charge is 0.141 e. The Morgan fingerprint density at radius 1 is 1.00 bits per heavy atom. The van der Waals surface area contributed by atoms with Gasteiger partial charge in [0.15, 0.2) is 0 Å². The second-order valence-electron chi connectivity index (χ2n) is 8.92. The molecule has 8 heteroatoms. The van der Waals surface area contributed by atoms with Crippen LogP contribution >= 0.6 is 11.3 Å². The Labute approximate surface area is 220 Å². The molecule has 4 N–H and O–H groups in total. The largest absolute Gasteiger partial charge is 0.497 e. The normalized spacial score (nSPS) is 14.4. The van der Waals surface area contributed by atoms with Gasteiger partial charge in [-0.25, -0.2) is 15.2 Å². The number of methoxy groups -OCH3 is 1. The van der Waals surface area contributed by atoms with Gasteiger partial charge >= 0.3 is 0 Å². The van der Waals surface area contributed by atoms with E-state index in [9.17, 15) is 0 Å². The molecule has 1 aromatic heterocycles. The molecular weight excluding hydrogens is 487 g/mol. The molecule has 2 heterocycles. The van der Waals surface area contributed by atoms with Crippen molar-refractivity contribution in [1.82, 2.24) is 21.9 Å². The molecule has 5 rings (SSSR count). The number of halogens is 1. The Balaban J connectivity index is 1.32. The number of thiophene rings is 1. The van der Waals surface area contributed by atoms with Crippen LogP contribution in [0.1, 0.15) is 36.0 Å². The fourth-order valence-electron chi connectivity index (χ4n) is 4.56. The van der Waals surface area contributed by atoms with Crippen LogP contribution < -0.4 is 31.4 Å². The molecule has 190 valence electrons. The first-order valence-corrected chi connectivity index (χ1v) is 12.9. The van der Waals surface area contributed by atoms with Crippen molar-refractivity contribution in [3.05, 3.63) is 82.5 Å². The standard InChI is InChI=1S/C29H29FN4O2S/c1-4-5-21(15-28-31-33-34-32-28)20-6-8-22(9-7-20)36-16-19-13-25-26(17-37-29(25)27(30)14-19)24-11-10-23(35-3)12-18(24)2/h6-14,17,21,28,31-34H,15-16H2,1-3H3/t21-/m0/s1. The summed E-state index contributed by atoms with van der Waals surface area (Å²) in [5.74, 6) is 7.68. The first kappa shape index (κ1) is 25.2. The van der Waals surface area contributed by atoms with Crippen molar-refractivity contribution in [2.45, 2.75) is 39.0 Å². The number of ether oxygens (including phenoxy) is 2. The van der Waals surface area contributed by atoms with Crippen LogP contribution in [0.15, 0.2) is 60.0 Å². The summed E-state index contributed by atoms with van der Waals surface area (Å²) in [4.78, 5) is 0. The Kier molecular flexibility index (Phi) is 7.70. The lowest BCUT2D eigenvalue weighted by Gasteiger charge is -2.16. The van der Waals surface area contributed by atoms with Gasteiger partial charge < -0.3 is 9.47 Å². The van der Waals surface area contributed by atoms with Crippen LogP contribution in [0.3, 0.4) is 0 Å². The molecule has 1 aliphatic rings. The van der Waals surface area contributed by atoms with E-state index in [0.29, 0.717) is 4.70 Å². The highest BCUT2D eigenvalue weighted by Crippen LogP contribution is 2.38. The van der Waals surface area contributed by atoms with E-state index in [1.54, 1.807) is 13.2 Å². The summed E-state index contributed by atoms with van der Waals surface area (Å²) in [7, 11) is 1.65. The number of fused-ring (bicyclic) bond motifs is 1. The van der Waals surface area contributed by atoms with Crippen LogP contribution in [0.4, 0.5) is 4.39 Å². The van der Waals surface area contributed by atoms with E-state index in [2.05, 4.69) is 33.8 Å². The monoisotopic (exact) mass is 516 g/mol. The zero-order valence-corrected chi connectivity index (χ0v) is 21.8. The molecule has 0 bridgehead atoms. The van der Waals surface area contributed by atoms with E-state index in [4.69, 9.17) is 9.47 Å². The van der Waals surface area contributed by atoms with Gasteiger partial charge in [-0.1, -0.05) is 24.1 Å². The molecule has 37 heavy (non-hydrogen) atoms. The molecule has 3 aromatic carbocycles. The summed E-state index contributed by atoms with van der Waals surface area (Å²) < 4.78 is 27.0. The maximum Gasteiger partial charge on any atom is 0.141 e. The fourth-order valence-corrected chi connectivity index (χ4v) is 5.52. The third-order valence-electron chi connectivity index (χ3n) is 6.45. The molecule has 0 aliphatic carbocycles. The summed E-state index contributed by atoms with van der Waals surface area (Å²) in [6.07, 6.45) is 0.854. The quantitative estimate of drug-likeness (QED) is 0.231. The highest BCUT2D eigenvalue weighted by molar-refractivity contribution is 7.17. The fraction of sp³-hybridized carbons (Fsp3) is 0.241. The van der Waals surface area contributed by atoms with E-state index in [-0.39, 0.29) is 24.5 Å². The Morgan fingerprint density at radius 2 is 1.76 bits per heavy atom. The number of benzene rings is 3. The Bertz CT molecular complexity index is 1450. The van der Waals surface area contributed by atoms with Crippen LogP contribution in [0.5, 0.6) is 11.5 Å². The molecule has 0 radical (unpaired) electrons. The molecule has 0 amide bonds. The Morgan fingerprint density at radius 3 is 2.46 bits per heavy atom. The number of nitrogens with one attached hydrogen (secondary N) is 4. The van der Waals surface area contributed by atoms with Gasteiger partial charge in [0.05, 0.1) is 18.0 Å². The highest BCUT2D eigenvalue weighted by Gasteiger charge is 2.19.